The van der Waals surface area contributed by atoms with Gasteiger partial charge >= 0.3 is 0 Å². The highest BCUT2D eigenvalue weighted by atomic mass is 31.3. The highest BCUT2D eigenvalue weighted by Crippen LogP contribution is 2.63. The zero-order valence-electron chi connectivity index (χ0n) is 13.1. The summed E-state index contributed by atoms with van der Waals surface area (Å²) in [6.07, 6.45) is 4.89. The molecule has 0 amide bonds. The van der Waals surface area contributed by atoms with Gasteiger partial charge in [0.15, 0.2) is 15.2 Å². The van der Waals surface area contributed by atoms with Gasteiger partial charge < -0.3 is 23.8 Å². The molecule has 0 aromatic rings. The van der Waals surface area contributed by atoms with Crippen molar-refractivity contribution >= 4 is 23.0 Å². The van der Waals surface area contributed by atoms with E-state index < -0.39 is 23.0 Å². The molecule has 0 heterocycles. The van der Waals surface area contributed by atoms with Crippen LogP contribution in [-0.4, -0.2) is 0 Å². The molecule has 0 aliphatic carbocycles. The van der Waals surface area contributed by atoms with Crippen LogP contribution in [0.3, 0.4) is 0 Å². The van der Waals surface area contributed by atoms with Crippen molar-refractivity contribution in [2.24, 2.45) is 0 Å². The van der Waals surface area contributed by atoms with Gasteiger partial charge in [-0.1, -0.05) is 35.5 Å². The second-order valence-corrected chi connectivity index (χ2v) is 9.82. The summed E-state index contributed by atoms with van der Waals surface area (Å²) in [6, 6.07) is 0. The van der Waals surface area contributed by atoms with Gasteiger partial charge in [0, 0.05) is 0 Å². The van der Waals surface area contributed by atoms with E-state index in [1.807, 2.05) is 0 Å². The molecule has 132 valence electrons. The number of allylic oxidation sites excluding steroid dienone is 6. The maximum Gasteiger partial charge on any atom is 0.278 e. The Morgan fingerprint density at radius 2 is 1.04 bits per heavy atom. The Kier molecular flexibility index (Phi) is 8.85. The highest BCUT2D eigenvalue weighted by molar-refractivity contribution is 7.70. The molecule has 0 aromatic heterocycles. The van der Waals surface area contributed by atoms with Gasteiger partial charge in [0.2, 0.25) is 0 Å². The minimum atomic E-state index is -5.61. The number of rotatable bonds is 8. The molecule has 0 bridgehead atoms. The first-order valence-electron chi connectivity index (χ1n) is 6.25. The summed E-state index contributed by atoms with van der Waals surface area (Å²) in [5.41, 5.74) is 1.52. The number of hydrogen-bond donors (Lipinski definition) is 0. The van der Waals surface area contributed by atoms with Gasteiger partial charge in [0.1, 0.15) is 0 Å². The fourth-order valence-electron chi connectivity index (χ4n) is 1.03. The summed E-state index contributed by atoms with van der Waals surface area (Å²) in [5, 5.41) is 0. The summed E-state index contributed by atoms with van der Waals surface area (Å²) in [6.45, 7) is 6.76. The van der Waals surface area contributed by atoms with Crippen molar-refractivity contribution in [2.75, 3.05) is 0 Å². The molecule has 23 heavy (non-hydrogen) atoms. The second kappa shape index (κ2) is 9.07. The maximum atomic E-state index is 11.4. The minimum Gasteiger partial charge on any atom is -0.775 e. The molecule has 0 radical (unpaired) electrons. The first-order chi connectivity index (χ1) is 10.2. The molecular formula is C12H18O8P3-3. The molecule has 0 aliphatic rings. The largest absolute Gasteiger partial charge is 0.775 e. The van der Waals surface area contributed by atoms with Crippen LogP contribution in [-0.2, 0) is 22.3 Å². The van der Waals surface area contributed by atoms with E-state index in [2.05, 4.69) is 8.62 Å². The van der Waals surface area contributed by atoms with Crippen molar-refractivity contribution in [3.63, 3.8) is 0 Å². The van der Waals surface area contributed by atoms with E-state index in [0.29, 0.717) is 11.6 Å². The second-order valence-electron chi connectivity index (χ2n) is 4.86. The van der Waals surface area contributed by atoms with Crippen molar-refractivity contribution in [3.05, 3.63) is 47.1 Å². The topological polar surface area (TPSA) is 139 Å². The third kappa shape index (κ3) is 12.5. The summed E-state index contributed by atoms with van der Waals surface area (Å²) >= 11 is 0. The highest BCUT2D eigenvalue weighted by Gasteiger charge is 2.21. The molecular weight excluding hydrogens is 365 g/mol. The average molecular weight is 383 g/mol. The molecule has 0 rings (SSSR count). The van der Waals surface area contributed by atoms with Crippen LogP contribution in [0.25, 0.3) is 0 Å². The molecule has 0 saturated carbocycles. The van der Waals surface area contributed by atoms with Crippen LogP contribution in [0.4, 0.5) is 0 Å². The van der Waals surface area contributed by atoms with Crippen LogP contribution in [0.15, 0.2) is 47.1 Å². The Hall–Kier alpha value is -0.550. The minimum absolute atomic E-state index is 0.489. The first-order valence-corrected chi connectivity index (χ1v) is 10.9. The Balaban J connectivity index is 5.04. The van der Waals surface area contributed by atoms with E-state index >= 15 is 0 Å². The van der Waals surface area contributed by atoms with Gasteiger partial charge in [-0.05, 0) is 39.3 Å². The van der Waals surface area contributed by atoms with Crippen molar-refractivity contribution in [3.8, 4) is 0 Å². The van der Waals surface area contributed by atoms with E-state index in [0.717, 1.165) is 23.3 Å². The lowest BCUT2D eigenvalue weighted by molar-refractivity contribution is -0.233. The normalized spacial score (nSPS) is 19.8. The van der Waals surface area contributed by atoms with Gasteiger partial charge in [-0.15, -0.1) is 0 Å². The van der Waals surface area contributed by atoms with E-state index in [-0.39, 0.29) is 0 Å². The van der Waals surface area contributed by atoms with Gasteiger partial charge in [0.05, 0.1) is 0 Å². The molecule has 11 heteroatoms. The van der Waals surface area contributed by atoms with E-state index in [1.165, 1.54) is 12.2 Å². The van der Waals surface area contributed by atoms with Crippen LogP contribution in [0, 0.1) is 0 Å². The smallest absolute Gasteiger partial charge is 0.278 e. The van der Waals surface area contributed by atoms with E-state index in [4.69, 9.17) is 0 Å². The standard InChI is InChI=1S/C12H21O8P3/c1-11(2)7-5-9-21(13,14)19-23(17,18)20-22(15,16)10-6-8-12(3)4/h5-10H,1-4H3,(H,13,14)(H,15,16)(H,17,18)/p-3/b9-5+,10-6+. The summed E-state index contributed by atoms with van der Waals surface area (Å²) in [7, 11) is -15.5. The fraction of sp³-hybridized carbons (Fsp3) is 0.333. The van der Waals surface area contributed by atoms with Crippen molar-refractivity contribution < 1.29 is 37.0 Å². The Bertz CT molecular complexity index is 612. The third-order valence-electron chi connectivity index (χ3n) is 1.82. The summed E-state index contributed by atoms with van der Waals surface area (Å²) in [5.74, 6) is 0.978. The molecule has 2 unspecified atom stereocenters. The SMILES string of the molecule is CC(C)=C/C=C/P(=O)([O-])OP(=O)([O-])OP(=O)([O-])/C=C/C=C(C)C. The fourth-order valence-corrected chi connectivity index (χ4v) is 4.68. The molecule has 0 saturated heterocycles. The zero-order valence-corrected chi connectivity index (χ0v) is 15.8. The Labute approximate surface area is 135 Å². The van der Waals surface area contributed by atoms with Crippen LogP contribution >= 0.6 is 23.0 Å². The van der Waals surface area contributed by atoms with Crippen LogP contribution in [0.1, 0.15) is 27.7 Å². The third-order valence-corrected chi connectivity index (χ3v) is 6.32. The molecule has 0 N–H and O–H groups in total. The lowest BCUT2D eigenvalue weighted by atomic mass is 10.3. The average Bonchev–Trinajstić information content (AvgIpc) is 2.22. The molecule has 0 aromatic carbocycles. The summed E-state index contributed by atoms with van der Waals surface area (Å²) < 4.78 is 41.9. The van der Waals surface area contributed by atoms with Crippen molar-refractivity contribution in [1.29, 1.82) is 0 Å². The monoisotopic (exact) mass is 383 g/mol. The molecule has 2 atom stereocenters. The van der Waals surface area contributed by atoms with Crippen LogP contribution < -0.4 is 14.7 Å². The predicted octanol–water partition coefficient (Wildman–Crippen LogP) is 2.55. The van der Waals surface area contributed by atoms with Gasteiger partial charge in [-0.3, -0.25) is 13.2 Å². The van der Waals surface area contributed by atoms with Crippen LogP contribution in [0.5, 0.6) is 0 Å². The lowest BCUT2D eigenvalue weighted by Crippen LogP contribution is -2.12. The maximum absolute atomic E-state index is 11.4. The number of phosphoric acid groups is 1. The number of hydrogen-bond acceptors (Lipinski definition) is 8. The van der Waals surface area contributed by atoms with Crippen molar-refractivity contribution in [1.82, 2.24) is 0 Å². The summed E-state index contributed by atoms with van der Waals surface area (Å²) in [4.78, 5) is 34.3. The molecule has 0 aliphatic heterocycles. The van der Waals surface area contributed by atoms with Gasteiger partial charge in [-0.2, -0.15) is 0 Å². The lowest BCUT2D eigenvalue weighted by Gasteiger charge is -2.33. The Morgan fingerprint density at radius 1 is 0.739 bits per heavy atom. The zero-order chi connectivity index (χ0) is 18.3. The molecule has 0 spiro atoms. The van der Waals surface area contributed by atoms with Crippen LogP contribution in [0.2, 0.25) is 0 Å². The van der Waals surface area contributed by atoms with Crippen molar-refractivity contribution in [2.45, 2.75) is 27.7 Å². The van der Waals surface area contributed by atoms with E-state index in [9.17, 15) is 28.4 Å². The Morgan fingerprint density at radius 3 is 1.30 bits per heavy atom. The van der Waals surface area contributed by atoms with E-state index in [1.54, 1.807) is 27.7 Å². The molecule has 0 fully saturated rings. The predicted molar refractivity (Wildman–Crippen MR) is 82.1 cm³/mol. The van der Waals surface area contributed by atoms with Gasteiger partial charge in [-0.25, -0.2) is 0 Å². The quantitative estimate of drug-likeness (QED) is 0.460. The van der Waals surface area contributed by atoms with Gasteiger partial charge in [0.25, 0.3) is 7.82 Å². The first kappa shape index (κ1) is 22.4. The molecule has 8 nitrogen and oxygen atoms in total.